The van der Waals surface area contributed by atoms with Gasteiger partial charge < -0.3 is 19.5 Å². The molecule has 0 spiro atoms. The van der Waals surface area contributed by atoms with Crippen molar-refractivity contribution in [2.24, 2.45) is 0 Å². The van der Waals surface area contributed by atoms with Crippen molar-refractivity contribution >= 4 is 33.2 Å². The lowest BCUT2D eigenvalue weighted by molar-refractivity contribution is -0.115. The van der Waals surface area contributed by atoms with Gasteiger partial charge in [0.1, 0.15) is 23.9 Å². The van der Waals surface area contributed by atoms with Crippen molar-refractivity contribution < 1.29 is 27.4 Å². The number of ether oxygens (including phenoxy) is 3. The minimum absolute atomic E-state index is 0.0169. The minimum atomic E-state index is -3.78. The highest BCUT2D eigenvalue weighted by atomic mass is 35.5. The Bertz CT molecular complexity index is 1090. The van der Waals surface area contributed by atoms with E-state index < -0.39 is 10.0 Å². The van der Waals surface area contributed by atoms with Crippen molar-refractivity contribution in [3.05, 3.63) is 40.9 Å². The van der Waals surface area contributed by atoms with Gasteiger partial charge in [-0.3, -0.25) is 4.79 Å². The lowest BCUT2D eigenvalue weighted by atomic mass is 10.1. The maximum Gasteiger partial charge on any atom is 0.246 e. The van der Waals surface area contributed by atoms with Crippen LogP contribution in [0.1, 0.15) is 26.3 Å². The number of anilines is 1. The van der Waals surface area contributed by atoms with Gasteiger partial charge in [0, 0.05) is 18.8 Å². The smallest absolute Gasteiger partial charge is 0.246 e. The first-order chi connectivity index (χ1) is 15.3. The zero-order valence-corrected chi connectivity index (χ0v) is 19.9. The number of carbonyl (C=O) groups is 1. The summed E-state index contributed by atoms with van der Waals surface area (Å²) in [6, 6.07) is 7.96. The van der Waals surface area contributed by atoms with E-state index in [2.05, 4.69) is 5.32 Å². The van der Waals surface area contributed by atoms with Gasteiger partial charge in [-0.15, -0.1) is 0 Å². The van der Waals surface area contributed by atoms with Crippen LogP contribution in [0.15, 0.2) is 35.2 Å². The summed E-state index contributed by atoms with van der Waals surface area (Å²) in [6.07, 6.45) is 0.0295. The molecule has 2 aromatic rings. The lowest BCUT2D eigenvalue weighted by Crippen LogP contribution is -2.31. The van der Waals surface area contributed by atoms with E-state index in [1.807, 2.05) is 0 Å². The monoisotopic (exact) mass is 482 g/mol. The van der Waals surface area contributed by atoms with Gasteiger partial charge in [-0.05, 0) is 42.8 Å². The van der Waals surface area contributed by atoms with Crippen molar-refractivity contribution in [3.8, 4) is 17.2 Å². The predicted octanol–water partition coefficient (Wildman–Crippen LogP) is 3.72. The van der Waals surface area contributed by atoms with Crippen LogP contribution in [0.25, 0.3) is 0 Å². The van der Waals surface area contributed by atoms with Crippen LogP contribution in [-0.2, 0) is 21.2 Å². The second kappa shape index (κ2) is 10.4. The molecular weight excluding hydrogens is 456 g/mol. The Morgan fingerprint density at radius 2 is 1.84 bits per heavy atom. The molecule has 3 rings (SSSR count). The van der Waals surface area contributed by atoms with Gasteiger partial charge in [-0.2, -0.15) is 4.31 Å². The fourth-order valence-electron chi connectivity index (χ4n) is 3.42. The normalized spacial score (nSPS) is 13.2. The fraction of sp³-hybridized carbons (Fsp3) is 0.409. The van der Waals surface area contributed by atoms with Gasteiger partial charge in [0.2, 0.25) is 15.9 Å². The van der Waals surface area contributed by atoms with Crippen molar-refractivity contribution in [2.45, 2.75) is 32.1 Å². The molecule has 0 radical (unpaired) electrons. The van der Waals surface area contributed by atoms with E-state index in [1.54, 1.807) is 45.0 Å². The molecule has 1 aliphatic rings. The Hall–Kier alpha value is -2.49. The summed E-state index contributed by atoms with van der Waals surface area (Å²) in [7, 11) is -3.78. The summed E-state index contributed by atoms with van der Waals surface area (Å²) in [6.45, 7) is 7.12. The van der Waals surface area contributed by atoms with Crippen LogP contribution in [0.2, 0.25) is 5.02 Å². The van der Waals surface area contributed by atoms with E-state index in [0.29, 0.717) is 60.7 Å². The van der Waals surface area contributed by atoms with Gasteiger partial charge in [0.25, 0.3) is 0 Å². The molecule has 0 atom stereocenters. The maximum absolute atomic E-state index is 13.1. The number of nitrogens with one attached hydrogen (secondary N) is 1. The highest BCUT2D eigenvalue weighted by molar-refractivity contribution is 7.89. The standard InChI is InChI=1S/C22H27ClN2O6S/c1-4-25(5-2)32(27,28)20-14-16(7-8-18(20)29-6-3)24-21(26)13-15-11-17(23)22-19(12-15)30-9-10-31-22/h7-8,11-12,14H,4-6,9-10,13H2,1-3H3,(H,24,26). The van der Waals surface area contributed by atoms with Crippen LogP contribution in [0.5, 0.6) is 17.2 Å². The molecule has 1 aliphatic heterocycles. The summed E-state index contributed by atoms with van der Waals surface area (Å²) in [4.78, 5) is 12.7. The number of hydrogen-bond acceptors (Lipinski definition) is 6. The largest absolute Gasteiger partial charge is 0.492 e. The van der Waals surface area contributed by atoms with Crippen LogP contribution >= 0.6 is 11.6 Å². The van der Waals surface area contributed by atoms with Gasteiger partial charge in [0.05, 0.1) is 18.1 Å². The number of nitrogens with zero attached hydrogens (tertiary/aromatic N) is 1. The number of benzene rings is 2. The van der Waals surface area contributed by atoms with Crippen LogP contribution in [0.4, 0.5) is 5.69 Å². The Kier molecular flexibility index (Phi) is 7.86. The molecule has 0 unspecified atom stereocenters. The lowest BCUT2D eigenvalue weighted by Gasteiger charge is -2.21. The molecule has 2 aromatic carbocycles. The molecular formula is C22H27ClN2O6S. The summed E-state index contributed by atoms with van der Waals surface area (Å²) in [5, 5.41) is 3.13. The van der Waals surface area contributed by atoms with E-state index in [-0.39, 0.29) is 23.0 Å². The molecule has 8 nitrogen and oxygen atoms in total. The molecule has 1 amide bonds. The van der Waals surface area contributed by atoms with Crippen LogP contribution in [-0.4, -0.2) is 51.5 Å². The molecule has 0 bridgehead atoms. The topological polar surface area (TPSA) is 94.2 Å². The summed E-state index contributed by atoms with van der Waals surface area (Å²) in [5.74, 6) is 0.893. The van der Waals surface area contributed by atoms with Gasteiger partial charge in [-0.1, -0.05) is 25.4 Å². The third kappa shape index (κ3) is 5.28. The summed E-state index contributed by atoms with van der Waals surface area (Å²) < 4.78 is 44.1. The van der Waals surface area contributed by atoms with Crippen molar-refractivity contribution in [3.63, 3.8) is 0 Å². The van der Waals surface area contributed by atoms with Crippen LogP contribution in [0.3, 0.4) is 0 Å². The Morgan fingerprint density at radius 1 is 1.12 bits per heavy atom. The van der Waals surface area contributed by atoms with E-state index in [9.17, 15) is 13.2 Å². The molecule has 10 heteroatoms. The average Bonchev–Trinajstić information content (AvgIpc) is 2.75. The van der Waals surface area contributed by atoms with E-state index in [1.165, 1.54) is 10.4 Å². The van der Waals surface area contributed by atoms with Crippen molar-refractivity contribution in [1.29, 1.82) is 0 Å². The van der Waals surface area contributed by atoms with Gasteiger partial charge in [-0.25, -0.2) is 8.42 Å². The Labute approximate surface area is 193 Å². The number of halogens is 1. The molecule has 0 saturated heterocycles. The third-order valence-electron chi connectivity index (χ3n) is 4.87. The molecule has 174 valence electrons. The van der Waals surface area contributed by atoms with E-state index in [0.717, 1.165) is 0 Å². The average molecular weight is 483 g/mol. The number of rotatable bonds is 9. The van der Waals surface area contributed by atoms with Crippen molar-refractivity contribution in [1.82, 2.24) is 4.31 Å². The first-order valence-corrected chi connectivity index (χ1v) is 12.3. The summed E-state index contributed by atoms with van der Waals surface area (Å²) >= 11 is 6.24. The Balaban J connectivity index is 1.83. The van der Waals surface area contributed by atoms with Crippen LogP contribution < -0.4 is 19.5 Å². The predicted molar refractivity (Wildman–Crippen MR) is 122 cm³/mol. The second-order valence-corrected chi connectivity index (χ2v) is 9.32. The zero-order valence-electron chi connectivity index (χ0n) is 18.3. The number of sulfonamides is 1. The Morgan fingerprint density at radius 3 is 2.53 bits per heavy atom. The maximum atomic E-state index is 13.1. The SMILES string of the molecule is CCOc1ccc(NC(=O)Cc2cc(Cl)c3c(c2)OCCO3)cc1S(=O)(=O)N(CC)CC. The number of carbonyl (C=O) groups excluding carboxylic acids is 1. The minimum Gasteiger partial charge on any atom is -0.492 e. The fourth-order valence-corrected chi connectivity index (χ4v) is 5.32. The number of hydrogen-bond donors (Lipinski definition) is 1. The highest BCUT2D eigenvalue weighted by Crippen LogP contribution is 2.38. The van der Waals surface area contributed by atoms with Crippen LogP contribution in [0, 0.1) is 0 Å². The second-order valence-electron chi connectivity index (χ2n) is 7.01. The van der Waals surface area contributed by atoms with Gasteiger partial charge >= 0.3 is 0 Å². The molecule has 1 heterocycles. The molecule has 0 saturated carbocycles. The first kappa shape index (κ1) is 24.2. The number of fused-ring (bicyclic) bond motifs is 1. The molecule has 1 N–H and O–H groups in total. The third-order valence-corrected chi connectivity index (χ3v) is 7.22. The number of amides is 1. The zero-order chi connectivity index (χ0) is 23.3. The molecule has 32 heavy (non-hydrogen) atoms. The van der Waals surface area contributed by atoms with Gasteiger partial charge in [0.15, 0.2) is 11.5 Å². The molecule has 0 aromatic heterocycles. The molecule has 0 aliphatic carbocycles. The highest BCUT2D eigenvalue weighted by Gasteiger charge is 2.26. The van der Waals surface area contributed by atoms with E-state index in [4.69, 9.17) is 25.8 Å². The first-order valence-electron chi connectivity index (χ1n) is 10.4. The quantitative estimate of drug-likeness (QED) is 0.585. The summed E-state index contributed by atoms with van der Waals surface area (Å²) in [5.41, 5.74) is 1.01. The molecule has 0 fully saturated rings. The van der Waals surface area contributed by atoms with E-state index >= 15 is 0 Å². The van der Waals surface area contributed by atoms with Crippen molar-refractivity contribution in [2.75, 3.05) is 38.2 Å².